The first-order valence-corrected chi connectivity index (χ1v) is 10.5. The highest BCUT2D eigenvalue weighted by molar-refractivity contribution is 6.01. The minimum Gasteiger partial charge on any atom is -0.493 e. The molecule has 174 valence electrons. The Morgan fingerprint density at radius 2 is 1.85 bits per heavy atom. The van der Waals surface area contributed by atoms with Gasteiger partial charge in [0.25, 0.3) is 5.91 Å². The number of esters is 1. The fraction of sp³-hybridized carbons (Fsp3) is 0.320. The Labute approximate surface area is 193 Å². The molecule has 0 saturated carbocycles. The smallest absolute Gasteiger partial charge is 0.337 e. The van der Waals surface area contributed by atoms with Gasteiger partial charge in [-0.15, -0.1) is 0 Å². The summed E-state index contributed by atoms with van der Waals surface area (Å²) in [5, 5.41) is 12.1. The van der Waals surface area contributed by atoms with E-state index in [1.807, 2.05) is 13.0 Å². The average Bonchev–Trinajstić information content (AvgIpc) is 2.85. The molecular weight excluding hydrogens is 424 g/mol. The zero-order valence-electron chi connectivity index (χ0n) is 19.1. The van der Waals surface area contributed by atoms with E-state index in [2.05, 4.69) is 10.1 Å². The van der Waals surface area contributed by atoms with Crippen molar-refractivity contribution in [2.24, 2.45) is 0 Å². The van der Waals surface area contributed by atoms with E-state index in [-0.39, 0.29) is 12.2 Å². The van der Waals surface area contributed by atoms with Gasteiger partial charge in [-0.1, -0.05) is 18.2 Å². The van der Waals surface area contributed by atoms with Gasteiger partial charge < -0.3 is 24.3 Å². The van der Waals surface area contributed by atoms with Crippen molar-refractivity contribution in [1.82, 2.24) is 5.32 Å². The molecule has 0 heterocycles. The van der Waals surface area contributed by atoms with Crippen LogP contribution in [-0.4, -0.2) is 45.9 Å². The number of nitrogens with zero attached hydrogens (tertiary/aromatic N) is 1. The number of nitrogens with one attached hydrogen (secondary N) is 1. The number of hydrogen-bond donors (Lipinski definition) is 1. The maximum Gasteiger partial charge on any atom is 0.337 e. The minimum atomic E-state index is -0.441. The van der Waals surface area contributed by atoms with Crippen LogP contribution in [0, 0.1) is 11.3 Å². The van der Waals surface area contributed by atoms with Crippen LogP contribution in [0.5, 0.6) is 11.5 Å². The summed E-state index contributed by atoms with van der Waals surface area (Å²) < 4.78 is 21.2. The molecule has 0 aliphatic heterocycles. The molecular formula is C25H28N2O6. The summed E-state index contributed by atoms with van der Waals surface area (Å²) >= 11 is 0. The molecule has 1 N–H and O–H groups in total. The van der Waals surface area contributed by atoms with E-state index in [0.29, 0.717) is 48.8 Å². The molecule has 8 nitrogen and oxygen atoms in total. The predicted molar refractivity (Wildman–Crippen MR) is 123 cm³/mol. The first-order valence-electron chi connectivity index (χ1n) is 10.5. The second-order valence-corrected chi connectivity index (χ2v) is 6.86. The number of nitriles is 1. The van der Waals surface area contributed by atoms with E-state index in [0.717, 1.165) is 5.56 Å². The van der Waals surface area contributed by atoms with Gasteiger partial charge >= 0.3 is 5.97 Å². The summed E-state index contributed by atoms with van der Waals surface area (Å²) in [6.07, 6.45) is 2.17. The Bertz CT molecular complexity index is 1010. The van der Waals surface area contributed by atoms with Crippen LogP contribution in [0.1, 0.15) is 34.8 Å². The summed E-state index contributed by atoms with van der Waals surface area (Å²) in [6.45, 7) is 3.77. The first kappa shape index (κ1) is 25.4. The molecule has 0 aliphatic rings. The number of amides is 1. The fourth-order valence-electron chi connectivity index (χ4n) is 2.84. The van der Waals surface area contributed by atoms with Crippen LogP contribution in [0.25, 0.3) is 6.08 Å². The van der Waals surface area contributed by atoms with Crippen molar-refractivity contribution in [3.05, 3.63) is 64.7 Å². The summed E-state index contributed by atoms with van der Waals surface area (Å²) in [4.78, 5) is 23.8. The van der Waals surface area contributed by atoms with Crippen molar-refractivity contribution in [2.75, 3.05) is 34.0 Å². The SMILES string of the molecule is CCOCCCNC(=O)/C(C#N)=C\c1ccc(OCc2ccc(C(=O)OC)cc2)c(OC)c1. The lowest BCUT2D eigenvalue weighted by Crippen LogP contribution is -2.26. The monoisotopic (exact) mass is 452 g/mol. The lowest BCUT2D eigenvalue weighted by Gasteiger charge is -2.12. The summed E-state index contributed by atoms with van der Waals surface area (Å²) in [5.74, 6) is 0.127. The normalized spacial score (nSPS) is 10.8. The Morgan fingerprint density at radius 3 is 2.48 bits per heavy atom. The van der Waals surface area contributed by atoms with Crippen LogP contribution >= 0.6 is 0 Å². The lowest BCUT2D eigenvalue weighted by atomic mass is 10.1. The van der Waals surface area contributed by atoms with Crippen LogP contribution in [-0.2, 0) is 20.9 Å². The van der Waals surface area contributed by atoms with E-state index in [9.17, 15) is 14.9 Å². The van der Waals surface area contributed by atoms with Crippen molar-refractivity contribution in [3.63, 3.8) is 0 Å². The van der Waals surface area contributed by atoms with Gasteiger partial charge in [0.2, 0.25) is 0 Å². The number of methoxy groups -OCH3 is 2. The third kappa shape index (κ3) is 7.98. The van der Waals surface area contributed by atoms with E-state index >= 15 is 0 Å². The van der Waals surface area contributed by atoms with Gasteiger partial charge in [0.05, 0.1) is 19.8 Å². The quantitative estimate of drug-likeness (QED) is 0.227. The molecule has 0 saturated heterocycles. The highest BCUT2D eigenvalue weighted by atomic mass is 16.5. The Kier molecular flexibility index (Phi) is 10.4. The molecule has 0 radical (unpaired) electrons. The molecule has 8 heteroatoms. The maximum atomic E-state index is 12.2. The Morgan fingerprint density at radius 1 is 1.09 bits per heavy atom. The number of ether oxygens (including phenoxy) is 4. The zero-order chi connectivity index (χ0) is 24.1. The second kappa shape index (κ2) is 13.6. The molecule has 0 unspecified atom stereocenters. The molecule has 1 amide bonds. The van der Waals surface area contributed by atoms with Crippen LogP contribution in [0.15, 0.2) is 48.0 Å². The van der Waals surface area contributed by atoms with Gasteiger partial charge in [-0.3, -0.25) is 4.79 Å². The number of benzene rings is 2. The van der Waals surface area contributed by atoms with Gasteiger partial charge in [-0.2, -0.15) is 5.26 Å². The highest BCUT2D eigenvalue weighted by Gasteiger charge is 2.11. The van der Waals surface area contributed by atoms with Crippen molar-refractivity contribution < 1.29 is 28.5 Å². The van der Waals surface area contributed by atoms with E-state index in [1.165, 1.54) is 20.3 Å². The molecule has 0 aliphatic carbocycles. The van der Waals surface area contributed by atoms with Gasteiger partial charge in [0.1, 0.15) is 18.2 Å². The summed E-state index contributed by atoms with van der Waals surface area (Å²) in [5.41, 5.74) is 1.94. The van der Waals surface area contributed by atoms with Gasteiger partial charge in [-0.05, 0) is 54.8 Å². The van der Waals surface area contributed by atoms with Crippen LogP contribution in [0.3, 0.4) is 0 Å². The molecule has 0 bridgehead atoms. The standard InChI is InChI=1S/C25H28N2O6/c1-4-32-13-5-12-27-24(28)21(16-26)14-19-8-11-22(23(15-19)30-2)33-17-18-6-9-20(10-7-18)25(29)31-3/h6-11,14-15H,4-5,12-13,17H2,1-3H3,(H,27,28)/b21-14-. The Hall–Kier alpha value is -3.83. The van der Waals surface area contributed by atoms with Crippen molar-refractivity contribution in [2.45, 2.75) is 20.0 Å². The second-order valence-electron chi connectivity index (χ2n) is 6.86. The van der Waals surface area contributed by atoms with Crippen LogP contribution in [0.2, 0.25) is 0 Å². The van der Waals surface area contributed by atoms with Crippen molar-refractivity contribution in [3.8, 4) is 17.6 Å². The number of hydrogen-bond acceptors (Lipinski definition) is 7. The van der Waals surface area contributed by atoms with Gasteiger partial charge in [0.15, 0.2) is 11.5 Å². The predicted octanol–water partition coefficient (Wildman–Crippen LogP) is 3.51. The lowest BCUT2D eigenvalue weighted by molar-refractivity contribution is -0.117. The molecule has 0 fully saturated rings. The fourth-order valence-corrected chi connectivity index (χ4v) is 2.84. The molecule has 0 atom stereocenters. The van der Waals surface area contributed by atoms with Gasteiger partial charge in [-0.25, -0.2) is 4.79 Å². The summed E-state index contributed by atoms with van der Waals surface area (Å²) in [6, 6.07) is 14.0. The third-order valence-corrected chi connectivity index (χ3v) is 4.59. The third-order valence-electron chi connectivity index (χ3n) is 4.59. The highest BCUT2D eigenvalue weighted by Crippen LogP contribution is 2.29. The van der Waals surface area contributed by atoms with Crippen molar-refractivity contribution in [1.29, 1.82) is 5.26 Å². The minimum absolute atomic E-state index is 0.00664. The molecule has 33 heavy (non-hydrogen) atoms. The summed E-state index contributed by atoms with van der Waals surface area (Å²) in [7, 11) is 2.84. The molecule has 2 rings (SSSR count). The van der Waals surface area contributed by atoms with Crippen LogP contribution < -0.4 is 14.8 Å². The zero-order valence-corrected chi connectivity index (χ0v) is 19.1. The van der Waals surface area contributed by atoms with Gasteiger partial charge in [0, 0.05) is 19.8 Å². The molecule has 0 spiro atoms. The number of carbonyl (C=O) groups is 2. The van der Waals surface area contributed by atoms with E-state index < -0.39 is 11.9 Å². The van der Waals surface area contributed by atoms with Crippen molar-refractivity contribution >= 4 is 18.0 Å². The van der Waals surface area contributed by atoms with E-state index in [1.54, 1.807) is 42.5 Å². The maximum absolute atomic E-state index is 12.2. The number of carbonyl (C=O) groups excluding carboxylic acids is 2. The largest absolute Gasteiger partial charge is 0.493 e. The molecule has 0 aromatic heterocycles. The Balaban J connectivity index is 2.03. The number of rotatable bonds is 12. The molecule has 2 aromatic carbocycles. The average molecular weight is 453 g/mol. The molecule has 2 aromatic rings. The topological polar surface area (TPSA) is 107 Å². The first-order chi connectivity index (χ1) is 16.0. The van der Waals surface area contributed by atoms with Crippen LogP contribution in [0.4, 0.5) is 0 Å². The van der Waals surface area contributed by atoms with E-state index in [4.69, 9.17) is 14.2 Å².